The van der Waals surface area contributed by atoms with Gasteiger partial charge in [0.15, 0.2) is 5.78 Å². The number of aliphatic hydroxyl groups excluding tert-OH is 1. The van der Waals surface area contributed by atoms with Crippen molar-refractivity contribution < 1.29 is 27.9 Å². The van der Waals surface area contributed by atoms with Gasteiger partial charge in [0.25, 0.3) is 0 Å². The molecule has 0 aliphatic heterocycles. The van der Waals surface area contributed by atoms with E-state index >= 15 is 0 Å². The normalized spacial score (nSPS) is 13.9. The predicted molar refractivity (Wildman–Crippen MR) is 44.5 cm³/mol. The van der Waals surface area contributed by atoms with E-state index in [9.17, 15) is 22.8 Å². The van der Waals surface area contributed by atoms with Crippen molar-refractivity contribution in [2.24, 2.45) is 10.7 Å². The van der Waals surface area contributed by atoms with Gasteiger partial charge in [-0.3, -0.25) is 4.79 Å². The second-order valence-electron chi connectivity index (χ2n) is 2.41. The molecule has 0 saturated heterocycles. The maximum Gasteiger partial charge on any atom is 0.449 e. The highest BCUT2D eigenvalue weighted by molar-refractivity contribution is 6.14. The SMILES string of the molecule is CC(=O)C(C=NC(N)=O)=C(O)C(F)(F)F. The van der Waals surface area contributed by atoms with Gasteiger partial charge >= 0.3 is 12.2 Å². The summed E-state index contributed by atoms with van der Waals surface area (Å²) in [5, 5.41) is 8.62. The minimum Gasteiger partial charge on any atom is -0.504 e. The number of nitrogens with two attached hydrogens (primary N) is 1. The number of allylic oxidation sites excluding steroid dienone is 2. The van der Waals surface area contributed by atoms with E-state index < -0.39 is 29.3 Å². The summed E-state index contributed by atoms with van der Waals surface area (Å²) in [7, 11) is 0. The largest absolute Gasteiger partial charge is 0.504 e. The third kappa shape index (κ3) is 4.25. The monoisotopic (exact) mass is 224 g/mol. The van der Waals surface area contributed by atoms with Crippen LogP contribution in [0.15, 0.2) is 16.3 Å². The summed E-state index contributed by atoms with van der Waals surface area (Å²) in [6, 6.07) is -1.27. The molecule has 0 aromatic rings. The Labute approximate surface area is 82.1 Å². The molecule has 0 rings (SSSR count). The molecule has 3 N–H and O–H groups in total. The van der Waals surface area contributed by atoms with Gasteiger partial charge < -0.3 is 10.8 Å². The molecule has 0 spiro atoms. The van der Waals surface area contributed by atoms with Crippen molar-refractivity contribution in [3.63, 3.8) is 0 Å². The molecule has 0 aromatic heterocycles. The average Bonchev–Trinajstić information content (AvgIpc) is 2.01. The molecule has 0 saturated carbocycles. The lowest BCUT2D eigenvalue weighted by molar-refractivity contribution is -0.125. The number of carbonyl (C=O) groups excluding carboxylic acids is 2. The van der Waals surface area contributed by atoms with Crippen molar-refractivity contribution in [2.45, 2.75) is 13.1 Å². The Morgan fingerprint density at radius 3 is 2.13 bits per heavy atom. The minimum absolute atomic E-state index is 0.271. The number of primary amides is 1. The maximum atomic E-state index is 11.9. The van der Waals surface area contributed by atoms with E-state index in [0.29, 0.717) is 0 Å². The molecule has 5 nitrogen and oxygen atoms in total. The lowest BCUT2D eigenvalue weighted by Crippen LogP contribution is -2.18. The molecule has 0 atom stereocenters. The topological polar surface area (TPSA) is 92.8 Å². The molecule has 0 aliphatic rings. The van der Waals surface area contributed by atoms with Crippen LogP contribution in [0, 0.1) is 0 Å². The zero-order valence-electron chi connectivity index (χ0n) is 7.50. The van der Waals surface area contributed by atoms with Gasteiger partial charge in [-0.15, -0.1) is 0 Å². The van der Waals surface area contributed by atoms with Crippen LogP contribution >= 0.6 is 0 Å². The second kappa shape index (κ2) is 4.58. The van der Waals surface area contributed by atoms with Crippen LogP contribution in [0.2, 0.25) is 0 Å². The van der Waals surface area contributed by atoms with Crippen LogP contribution in [0.3, 0.4) is 0 Å². The molecule has 0 unspecified atom stereocenters. The summed E-state index contributed by atoms with van der Waals surface area (Å²) in [6.45, 7) is 0.782. The van der Waals surface area contributed by atoms with Crippen molar-refractivity contribution in [1.82, 2.24) is 0 Å². The standard InChI is InChI=1S/C7H7F3N2O3/c1-3(13)4(2-12-6(11)15)5(14)7(8,9)10/h2,14H,1H3,(H2,11,15). The van der Waals surface area contributed by atoms with E-state index in [2.05, 4.69) is 10.7 Å². The predicted octanol–water partition coefficient (Wildman–Crippen LogP) is 1.10. The van der Waals surface area contributed by atoms with Gasteiger partial charge in [-0.1, -0.05) is 0 Å². The molecule has 2 amide bonds. The highest BCUT2D eigenvalue weighted by atomic mass is 19.4. The molecule has 8 heteroatoms. The highest BCUT2D eigenvalue weighted by Crippen LogP contribution is 2.25. The fourth-order valence-corrected chi connectivity index (χ4v) is 0.600. The Hall–Kier alpha value is -1.86. The number of aliphatic imine (C=N–C) groups is 1. The number of amides is 2. The van der Waals surface area contributed by atoms with Crippen molar-refractivity contribution in [1.29, 1.82) is 0 Å². The fourth-order valence-electron chi connectivity index (χ4n) is 0.600. The molecule has 15 heavy (non-hydrogen) atoms. The summed E-state index contributed by atoms with van der Waals surface area (Å²) in [5.74, 6) is -3.20. The van der Waals surface area contributed by atoms with Crippen LogP contribution in [0.5, 0.6) is 0 Å². The number of ketones is 1. The van der Waals surface area contributed by atoms with E-state index in [4.69, 9.17) is 5.11 Å². The number of nitrogens with zero attached hydrogens (tertiary/aromatic N) is 1. The van der Waals surface area contributed by atoms with Gasteiger partial charge in [0.2, 0.25) is 5.76 Å². The third-order valence-corrected chi connectivity index (χ3v) is 1.22. The number of Topliss-reactive ketones (excluding diaryl/α,β-unsaturated/α-hetero) is 1. The van der Waals surface area contributed by atoms with E-state index in [1.54, 1.807) is 0 Å². The van der Waals surface area contributed by atoms with Crippen molar-refractivity contribution in [3.05, 3.63) is 11.3 Å². The fraction of sp³-hybridized carbons (Fsp3) is 0.286. The molecule has 0 heterocycles. The molecule has 0 aromatic carbocycles. The molecular weight excluding hydrogens is 217 g/mol. The van der Waals surface area contributed by atoms with Crippen LogP contribution in [0.1, 0.15) is 6.92 Å². The first kappa shape index (κ1) is 13.1. The Morgan fingerprint density at radius 2 is 1.87 bits per heavy atom. The van der Waals surface area contributed by atoms with E-state index in [0.717, 1.165) is 6.92 Å². The Balaban J connectivity index is 5.32. The molecule has 0 radical (unpaired) electrons. The van der Waals surface area contributed by atoms with Crippen LogP contribution < -0.4 is 5.73 Å². The van der Waals surface area contributed by atoms with Gasteiger partial charge in [-0.05, 0) is 6.92 Å². The zero-order chi connectivity index (χ0) is 12.2. The van der Waals surface area contributed by atoms with Crippen molar-refractivity contribution in [3.8, 4) is 0 Å². The third-order valence-electron chi connectivity index (χ3n) is 1.22. The van der Waals surface area contributed by atoms with Crippen LogP contribution in [-0.4, -0.2) is 29.3 Å². The molecule has 0 fully saturated rings. The first-order chi connectivity index (χ1) is 6.66. The first-order valence-corrected chi connectivity index (χ1v) is 3.51. The number of aliphatic hydroxyl groups is 1. The maximum absolute atomic E-state index is 11.9. The molecular formula is C7H7F3N2O3. The minimum atomic E-state index is -5.08. The van der Waals surface area contributed by atoms with Crippen LogP contribution in [-0.2, 0) is 4.79 Å². The number of rotatable bonds is 2. The summed E-state index contributed by atoms with van der Waals surface area (Å²) >= 11 is 0. The second-order valence-corrected chi connectivity index (χ2v) is 2.41. The van der Waals surface area contributed by atoms with Gasteiger partial charge in [0.1, 0.15) is 0 Å². The highest BCUT2D eigenvalue weighted by Gasteiger charge is 2.37. The van der Waals surface area contributed by atoms with E-state index in [-0.39, 0.29) is 6.21 Å². The summed E-state index contributed by atoms with van der Waals surface area (Å²) < 4.78 is 35.8. The number of hydrogen-bond donors (Lipinski definition) is 2. The van der Waals surface area contributed by atoms with Gasteiger partial charge in [-0.2, -0.15) is 13.2 Å². The van der Waals surface area contributed by atoms with Crippen molar-refractivity contribution >= 4 is 18.0 Å². The number of hydrogen-bond acceptors (Lipinski definition) is 3. The summed E-state index contributed by atoms with van der Waals surface area (Å²) in [4.78, 5) is 23.6. The Morgan fingerprint density at radius 1 is 1.40 bits per heavy atom. The Bertz CT molecular complexity index is 344. The lowest BCUT2D eigenvalue weighted by atomic mass is 10.1. The average molecular weight is 224 g/mol. The molecule has 0 bridgehead atoms. The van der Waals surface area contributed by atoms with Crippen molar-refractivity contribution in [2.75, 3.05) is 0 Å². The van der Waals surface area contributed by atoms with E-state index in [1.165, 1.54) is 0 Å². The molecule has 84 valence electrons. The van der Waals surface area contributed by atoms with Gasteiger partial charge in [-0.25, -0.2) is 9.79 Å². The zero-order valence-corrected chi connectivity index (χ0v) is 7.50. The number of halogens is 3. The van der Waals surface area contributed by atoms with E-state index in [1.807, 2.05) is 0 Å². The number of alkyl halides is 3. The number of urea groups is 1. The summed E-state index contributed by atoms with van der Waals surface area (Å²) in [6.07, 6.45) is -4.81. The first-order valence-electron chi connectivity index (χ1n) is 3.51. The van der Waals surface area contributed by atoms with Gasteiger partial charge in [0.05, 0.1) is 5.57 Å². The smallest absolute Gasteiger partial charge is 0.449 e. The van der Waals surface area contributed by atoms with Crippen LogP contribution in [0.25, 0.3) is 0 Å². The Kier molecular flexibility index (Phi) is 4.01. The lowest BCUT2D eigenvalue weighted by Gasteiger charge is -2.06. The van der Waals surface area contributed by atoms with Gasteiger partial charge in [0, 0.05) is 6.21 Å². The quantitative estimate of drug-likeness (QED) is 0.417. The number of carbonyl (C=O) groups is 2. The van der Waals surface area contributed by atoms with Crippen LogP contribution in [0.4, 0.5) is 18.0 Å². The summed E-state index contributed by atoms with van der Waals surface area (Å²) in [5.41, 5.74) is 3.39. The molecule has 0 aliphatic carbocycles.